The normalized spacial score (nSPS) is 24.4. The maximum atomic E-state index is 13.0. The summed E-state index contributed by atoms with van der Waals surface area (Å²) in [6, 6.07) is 11.8. The molecular formula is C21H20N4O4. The molecule has 148 valence electrons. The molecule has 1 saturated carbocycles. The standard InChI is InChI=1S/C21H20N4O4/c1-21-15(16(21)20(29)25-13-7-3-2-6-12(13)17(21)26)19(28)24-11-10-23-18(27)14-8-4-5-9-22-14/h2-9,15-16H,10-11H2,1H3,(H,23,27)(H,24,28)(H,25,29)/t15-,16+,21+/m0/s1. The van der Waals surface area contributed by atoms with E-state index in [1.54, 1.807) is 49.4 Å². The molecule has 1 aromatic carbocycles. The van der Waals surface area contributed by atoms with Crippen molar-refractivity contribution in [3.05, 3.63) is 59.9 Å². The zero-order chi connectivity index (χ0) is 20.6. The Hall–Kier alpha value is -3.55. The summed E-state index contributed by atoms with van der Waals surface area (Å²) in [4.78, 5) is 54.1. The molecule has 8 heteroatoms. The number of hydrogen-bond acceptors (Lipinski definition) is 5. The third kappa shape index (κ3) is 3.16. The van der Waals surface area contributed by atoms with Crippen LogP contribution >= 0.6 is 0 Å². The van der Waals surface area contributed by atoms with Gasteiger partial charge < -0.3 is 16.0 Å². The molecule has 2 aliphatic rings. The number of pyridine rings is 1. The first-order valence-electron chi connectivity index (χ1n) is 9.36. The Bertz CT molecular complexity index is 1010. The van der Waals surface area contributed by atoms with Crippen molar-refractivity contribution in [1.29, 1.82) is 0 Å². The molecule has 2 heterocycles. The fraction of sp³-hybridized carbons (Fsp3) is 0.286. The quantitative estimate of drug-likeness (QED) is 0.657. The molecule has 1 fully saturated rings. The van der Waals surface area contributed by atoms with E-state index in [0.29, 0.717) is 11.3 Å². The summed E-state index contributed by atoms with van der Waals surface area (Å²) in [6.45, 7) is 2.05. The predicted molar refractivity (Wildman–Crippen MR) is 104 cm³/mol. The summed E-state index contributed by atoms with van der Waals surface area (Å²) in [5.74, 6) is -2.67. The van der Waals surface area contributed by atoms with Crippen molar-refractivity contribution in [2.75, 3.05) is 18.4 Å². The monoisotopic (exact) mass is 392 g/mol. The molecule has 1 aliphatic carbocycles. The minimum atomic E-state index is -1.06. The Morgan fingerprint density at radius 2 is 1.79 bits per heavy atom. The van der Waals surface area contributed by atoms with Crippen LogP contribution < -0.4 is 16.0 Å². The number of aromatic nitrogens is 1. The number of Topliss-reactive ketones (excluding diaryl/α,β-unsaturated/α-hetero) is 1. The number of ketones is 1. The molecule has 1 aliphatic heterocycles. The van der Waals surface area contributed by atoms with Crippen molar-refractivity contribution in [1.82, 2.24) is 15.6 Å². The van der Waals surface area contributed by atoms with Gasteiger partial charge >= 0.3 is 0 Å². The Morgan fingerprint density at radius 1 is 1.07 bits per heavy atom. The maximum Gasteiger partial charge on any atom is 0.269 e. The minimum absolute atomic E-state index is 0.184. The fourth-order valence-electron chi connectivity index (χ4n) is 3.99. The summed E-state index contributed by atoms with van der Waals surface area (Å²) >= 11 is 0. The SMILES string of the molecule is C[C@]12C(=O)c3ccccc3NC(=O)[C@H]1[C@H]2C(=O)NCCNC(=O)c1ccccn1. The summed E-state index contributed by atoms with van der Waals surface area (Å²) in [7, 11) is 0. The number of carbonyl (C=O) groups is 4. The number of nitrogens with one attached hydrogen (secondary N) is 3. The lowest BCUT2D eigenvalue weighted by atomic mass is 9.92. The zero-order valence-corrected chi connectivity index (χ0v) is 15.8. The third-order valence-corrected chi connectivity index (χ3v) is 5.61. The van der Waals surface area contributed by atoms with Gasteiger partial charge in [-0.25, -0.2) is 0 Å². The molecule has 3 amide bonds. The molecule has 0 spiro atoms. The van der Waals surface area contributed by atoms with Crippen molar-refractivity contribution < 1.29 is 19.2 Å². The van der Waals surface area contributed by atoms with Gasteiger partial charge in [-0.3, -0.25) is 24.2 Å². The molecular weight excluding hydrogens is 372 g/mol. The Morgan fingerprint density at radius 3 is 2.55 bits per heavy atom. The van der Waals surface area contributed by atoms with Gasteiger partial charge in [0.2, 0.25) is 11.8 Å². The second kappa shape index (κ2) is 7.12. The van der Waals surface area contributed by atoms with Gasteiger partial charge in [-0.05, 0) is 24.3 Å². The Balaban J connectivity index is 1.36. The van der Waals surface area contributed by atoms with Gasteiger partial charge in [0.05, 0.1) is 22.9 Å². The van der Waals surface area contributed by atoms with Crippen molar-refractivity contribution >= 4 is 29.2 Å². The van der Waals surface area contributed by atoms with E-state index in [4.69, 9.17) is 0 Å². The van der Waals surface area contributed by atoms with E-state index in [0.717, 1.165) is 0 Å². The molecule has 0 saturated heterocycles. The van der Waals surface area contributed by atoms with Gasteiger partial charge in [-0.1, -0.05) is 25.1 Å². The molecule has 29 heavy (non-hydrogen) atoms. The van der Waals surface area contributed by atoms with E-state index in [1.807, 2.05) is 0 Å². The Kier molecular flexibility index (Phi) is 4.62. The number of benzene rings is 1. The summed E-state index contributed by atoms with van der Waals surface area (Å²) in [5.41, 5.74) is 0.130. The molecule has 3 N–H and O–H groups in total. The van der Waals surface area contributed by atoms with E-state index >= 15 is 0 Å². The number of amides is 3. The molecule has 2 aromatic rings. The average Bonchev–Trinajstić information content (AvgIpc) is 3.39. The second-order valence-electron chi connectivity index (χ2n) is 7.36. The number of anilines is 1. The Labute approximate surface area is 167 Å². The lowest BCUT2D eigenvalue weighted by Crippen LogP contribution is -2.37. The number of rotatable bonds is 5. The predicted octanol–water partition coefficient (Wildman–Crippen LogP) is 1.01. The van der Waals surface area contributed by atoms with Crippen molar-refractivity contribution in [3.63, 3.8) is 0 Å². The molecule has 0 radical (unpaired) electrons. The molecule has 3 atom stereocenters. The van der Waals surface area contributed by atoms with Crippen LogP contribution in [-0.4, -0.2) is 41.6 Å². The largest absolute Gasteiger partial charge is 0.354 e. The van der Waals surface area contributed by atoms with Crippen LogP contribution in [0.5, 0.6) is 0 Å². The smallest absolute Gasteiger partial charge is 0.269 e. The van der Waals surface area contributed by atoms with Crippen molar-refractivity contribution in [2.24, 2.45) is 17.3 Å². The van der Waals surface area contributed by atoms with Gasteiger partial charge in [-0.15, -0.1) is 0 Å². The maximum absolute atomic E-state index is 13.0. The van der Waals surface area contributed by atoms with Crippen LogP contribution in [0.25, 0.3) is 0 Å². The summed E-state index contributed by atoms with van der Waals surface area (Å²) < 4.78 is 0. The number of nitrogens with zero attached hydrogens (tertiary/aromatic N) is 1. The van der Waals surface area contributed by atoms with E-state index in [-0.39, 0.29) is 42.3 Å². The second-order valence-corrected chi connectivity index (χ2v) is 7.36. The van der Waals surface area contributed by atoms with Crippen LogP contribution in [0, 0.1) is 17.3 Å². The minimum Gasteiger partial charge on any atom is -0.354 e. The van der Waals surface area contributed by atoms with Crippen LogP contribution in [0.2, 0.25) is 0 Å². The molecule has 1 aromatic heterocycles. The van der Waals surface area contributed by atoms with Gasteiger partial charge in [0.1, 0.15) is 5.69 Å². The van der Waals surface area contributed by atoms with Crippen LogP contribution in [0.1, 0.15) is 27.8 Å². The zero-order valence-electron chi connectivity index (χ0n) is 15.8. The van der Waals surface area contributed by atoms with Crippen LogP contribution in [-0.2, 0) is 9.59 Å². The van der Waals surface area contributed by atoms with Crippen molar-refractivity contribution in [2.45, 2.75) is 6.92 Å². The number of carbonyl (C=O) groups excluding carboxylic acids is 4. The van der Waals surface area contributed by atoms with E-state index in [9.17, 15) is 19.2 Å². The third-order valence-electron chi connectivity index (χ3n) is 5.61. The fourth-order valence-corrected chi connectivity index (χ4v) is 3.99. The van der Waals surface area contributed by atoms with Crippen LogP contribution in [0.3, 0.4) is 0 Å². The molecule has 0 bridgehead atoms. The first-order chi connectivity index (χ1) is 13.9. The number of hydrogen-bond donors (Lipinski definition) is 3. The van der Waals surface area contributed by atoms with E-state index < -0.39 is 17.3 Å². The number of fused-ring (bicyclic) bond motifs is 2. The van der Waals surface area contributed by atoms with Gasteiger partial charge in [0, 0.05) is 24.8 Å². The van der Waals surface area contributed by atoms with Gasteiger partial charge in [-0.2, -0.15) is 0 Å². The summed E-state index contributed by atoms with van der Waals surface area (Å²) in [5, 5.41) is 8.13. The average molecular weight is 392 g/mol. The van der Waals surface area contributed by atoms with Crippen LogP contribution in [0.15, 0.2) is 48.7 Å². The summed E-state index contributed by atoms with van der Waals surface area (Å²) in [6.07, 6.45) is 1.52. The van der Waals surface area contributed by atoms with Gasteiger partial charge in [0.15, 0.2) is 5.78 Å². The highest BCUT2D eigenvalue weighted by Gasteiger charge is 2.73. The highest BCUT2D eigenvalue weighted by Crippen LogP contribution is 2.62. The highest BCUT2D eigenvalue weighted by molar-refractivity contribution is 6.19. The van der Waals surface area contributed by atoms with E-state index in [2.05, 4.69) is 20.9 Å². The lowest BCUT2D eigenvalue weighted by Gasteiger charge is -2.12. The van der Waals surface area contributed by atoms with Crippen molar-refractivity contribution in [3.8, 4) is 0 Å². The molecule has 8 nitrogen and oxygen atoms in total. The first kappa shape index (κ1) is 18.8. The highest BCUT2D eigenvalue weighted by atomic mass is 16.2. The first-order valence-corrected chi connectivity index (χ1v) is 9.36. The number of para-hydroxylation sites is 1. The topological polar surface area (TPSA) is 117 Å². The van der Waals surface area contributed by atoms with Crippen LogP contribution in [0.4, 0.5) is 5.69 Å². The van der Waals surface area contributed by atoms with E-state index in [1.165, 1.54) is 6.20 Å². The molecule has 4 rings (SSSR count). The lowest BCUT2D eigenvalue weighted by molar-refractivity contribution is -0.125. The molecule has 0 unspecified atom stereocenters. The van der Waals surface area contributed by atoms with Gasteiger partial charge in [0.25, 0.3) is 5.91 Å².